The van der Waals surface area contributed by atoms with Crippen LogP contribution < -0.4 is 10.2 Å². The second-order valence-corrected chi connectivity index (χ2v) is 9.22. The van der Waals surface area contributed by atoms with E-state index in [4.69, 9.17) is 4.98 Å². The third-order valence-electron chi connectivity index (χ3n) is 5.03. The highest BCUT2D eigenvalue weighted by Gasteiger charge is 2.29. The first-order valence-corrected chi connectivity index (χ1v) is 11.0. The van der Waals surface area contributed by atoms with Gasteiger partial charge in [0.05, 0.1) is 11.5 Å². The Labute approximate surface area is 158 Å². The van der Waals surface area contributed by atoms with Crippen molar-refractivity contribution in [3.05, 3.63) is 53.0 Å². The standard InChI is InChI=1S/C19H22N4O3S/c24-19-17-15(8-9-20-19)18(23-10-12-27(25,26)13-11-23)22-16(21-17)7-6-14-4-2-1-3-5-14/h1-5H,6-13H2,(H,20,24). The maximum absolute atomic E-state index is 12.3. The van der Waals surface area contributed by atoms with Gasteiger partial charge in [0.15, 0.2) is 9.84 Å². The van der Waals surface area contributed by atoms with E-state index in [-0.39, 0.29) is 17.4 Å². The highest BCUT2D eigenvalue weighted by molar-refractivity contribution is 7.91. The average Bonchev–Trinajstić information content (AvgIpc) is 2.67. The van der Waals surface area contributed by atoms with Crippen molar-refractivity contribution in [3.63, 3.8) is 0 Å². The second-order valence-electron chi connectivity index (χ2n) is 6.92. The van der Waals surface area contributed by atoms with E-state index in [1.807, 2.05) is 23.1 Å². The summed E-state index contributed by atoms with van der Waals surface area (Å²) in [6.07, 6.45) is 2.08. The Kier molecular flexibility index (Phi) is 4.82. The van der Waals surface area contributed by atoms with E-state index in [0.29, 0.717) is 44.0 Å². The molecule has 2 aliphatic heterocycles. The minimum Gasteiger partial charge on any atom is -0.354 e. The molecule has 0 bridgehead atoms. The van der Waals surface area contributed by atoms with Gasteiger partial charge in [0.2, 0.25) is 0 Å². The molecule has 0 aliphatic carbocycles. The summed E-state index contributed by atoms with van der Waals surface area (Å²) < 4.78 is 23.5. The van der Waals surface area contributed by atoms with E-state index in [2.05, 4.69) is 22.4 Å². The van der Waals surface area contributed by atoms with Crippen LogP contribution in [0.3, 0.4) is 0 Å². The lowest BCUT2D eigenvalue weighted by molar-refractivity contribution is 0.0940. The molecule has 7 nitrogen and oxygen atoms in total. The zero-order valence-electron chi connectivity index (χ0n) is 15.0. The molecule has 0 unspecified atom stereocenters. The van der Waals surface area contributed by atoms with Gasteiger partial charge in [-0.1, -0.05) is 30.3 Å². The number of sulfone groups is 1. The summed E-state index contributed by atoms with van der Waals surface area (Å²) in [6.45, 7) is 1.37. The van der Waals surface area contributed by atoms with Gasteiger partial charge in [-0.05, 0) is 18.4 Å². The van der Waals surface area contributed by atoms with Crippen molar-refractivity contribution in [2.24, 2.45) is 0 Å². The Morgan fingerprint density at radius 3 is 2.52 bits per heavy atom. The van der Waals surface area contributed by atoms with Crippen LogP contribution in [-0.4, -0.2) is 55.4 Å². The molecule has 0 saturated carbocycles. The molecule has 1 fully saturated rings. The predicted octanol–water partition coefficient (Wildman–Crippen LogP) is 0.782. The van der Waals surface area contributed by atoms with Gasteiger partial charge in [0, 0.05) is 31.6 Å². The van der Waals surface area contributed by atoms with Gasteiger partial charge in [-0.3, -0.25) is 4.79 Å². The number of hydrogen-bond acceptors (Lipinski definition) is 6. The summed E-state index contributed by atoms with van der Waals surface area (Å²) in [5, 5.41) is 2.84. The number of anilines is 1. The topological polar surface area (TPSA) is 92.3 Å². The minimum atomic E-state index is -2.98. The number of aromatic nitrogens is 2. The summed E-state index contributed by atoms with van der Waals surface area (Å²) in [4.78, 5) is 23.6. The molecule has 8 heteroatoms. The van der Waals surface area contributed by atoms with Gasteiger partial charge in [-0.2, -0.15) is 0 Å². The average molecular weight is 386 g/mol. The van der Waals surface area contributed by atoms with E-state index in [1.165, 1.54) is 5.56 Å². The summed E-state index contributed by atoms with van der Waals surface area (Å²) in [7, 11) is -2.98. The van der Waals surface area contributed by atoms with Crippen LogP contribution in [0.5, 0.6) is 0 Å². The SMILES string of the molecule is O=C1NCCc2c1nc(CCc1ccccc1)nc2N1CCS(=O)(=O)CC1. The number of amides is 1. The van der Waals surface area contributed by atoms with Crippen LogP contribution in [0.1, 0.15) is 27.4 Å². The third kappa shape index (κ3) is 3.95. The quantitative estimate of drug-likeness (QED) is 0.835. The molecule has 142 valence electrons. The van der Waals surface area contributed by atoms with Gasteiger partial charge in [0.25, 0.3) is 5.91 Å². The van der Waals surface area contributed by atoms with E-state index >= 15 is 0 Å². The molecule has 1 saturated heterocycles. The molecule has 0 radical (unpaired) electrons. The number of aryl methyl sites for hydroxylation is 2. The van der Waals surface area contributed by atoms with E-state index in [9.17, 15) is 13.2 Å². The number of carbonyl (C=O) groups is 1. The zero-order valence-corrected chi connectivity index (χ0v) is 15.8. The fraction of sp³-hybridized carbons (Fsp3) is 0.421. The molecule has 0 spiro atoms. The number of benzene rings is 1. The number of hydrogen-bond donors (Lipinski definition) is 1. The molecule has 4 rings (SSSR count). The maximum Gasteiger partial charge on any atom is 0.270 e. The van der Waals surface area contributed by atoms with Crippen molar-refractivity contribution in [2.75, 3.05) is 36.0 Å². The monoisotopic (exact) mass is 386 g/mol. The van der Waals surface area contributed by atoms with Crippen LogP contribution in [0.4, 0.5) is 5.82 Å². The lowest BCUT2D eigenvalue weighted by Gasteiger charge is -2.31. The van der Waals surface area contributed by atoms with Crippen LogP contribution >= 0.6 is 0 Å². The molecular weight excluding hydrogens is 364 g/mol. The van der Waals surface area contributed by atoms with Crippen LogP contribution in [0, 0.1) is 0 Å². The van der Waals surface area contributed by atoms with Crippen LogP contribution in [-0.2, 0) is 29.1 Å². The molecule has 3 heterocycles. The molecule has 27 heavy (non-hydrogen) atoms. The van der Waals surface area contributed by atoms with Crippen molar-refractivity contribution in [3.8, 4) is 0 Å². The summed E-state index contributed by atoms with van der Waals surface area (Å²) in [6, 6.07) is 10.1. The zero-order chi connectivity index (χ0) is 18.9. The Balaban J connectivity index is 1.64. The van der Waals surface area contributed by atoms with E-state index < -0.39 is 9.84 Å². The second kappa shape index (κ2) is 7.26. The summed E-state index contributed by atoms with van der Waals surface area (Å²) in [5.41, 5.74) is 2.46. The minimum absolute atomic E-state index is 0.122. The predicted molar refractivity (Wildman–Crippen MR) is 103 cm³/mol. The van der Waals surface area contributed by atoms with Gasteiger partial charge in [0.1, 0.15) is 17.3 Å². The molecule has 0 atom stereocenters. The number of nitrogens with zero attached hydrogens (tertiary/aromatic N) is 3. The molecule has 1 aromatic heterocycles. The van der Waals surface area contributed by atoms with Crippen molar-refractivity contribution in [2.45, 2.75) is 19.3 Å². The van der Waals surface area contributed by atoms with Crippen LogP contribution in [0.25, 0.3) is 0 Å². The maximum atomic E-state index is 12.3. The first kappa shape index (κ1) is 17.9. The van der Waals surface area contributed by atoms with Gasteiger partial charge < -0.3 is 10.2 Å². The Hall–Kier alpha value is -2.48. The lowest BCUT2D eigenvalue weighted by atomic mass is 10.0. The smallest absolute Gasteiger partial charge is 0.270 e. The fourth-order valence-corrected chi connectivity index (χ4v) is 4.72. The third-order valence-corrected chi connectivity index (χ3v) is 6.64. The Bertz CT molecular complexity index is 946. The number of nitrogens with one attached hydrogen (secondary N) is 1. The summed E-state index contributed by atoms with van der Waals surface area (Å²) >= 11 is 0. The Morgan fingerprint density at radius 1 is 1.04 bits per heavy atom. The summed E-state index contributed by atoms with van der Waals surface area (Å²) in [5.74, 6) is 1.42. The number of rotatable bonds is 4. The number of fused-ring (bicyclic) bond motifs is 1. The van der Waals surface area contributed by atoms with Crippen molar-refractivity contribution in [1.29, 1.82) is 0 Å². The molecule has 1 aromatic carbocycles. The van der Waals surface area contributed by atoms with Gasteiger partial charge >= 0.3 is 0 Å². The normalized spacial score (nSPS) is 18.7. The molecular formula is C19H22N4O3S. The first-order chi connectivity index (χ1) is 13.0. The van der Waals surface area contributed by atoms with Crippen LogP contribution in [0.15, 0.2) is 30.3 Å². The molecule has 2 aromatic rings. The van der Waals surface area contributed by atoms with Crippen molar-refractivity contribution < 1.29 is 13.2 Å². The molecule has 2 aliphatic rings. The van der Waals surface area contributed by atoms with Crippen molar-refractivity contribution >= 4 is 21.6 Å². The lowest BCUT2D eigenvalue weighted by Crippen LogP contribution is -2.43. The molecule has 1 amide bonds. The van der Waals surface area contributed by atoms with Crippen LogP contribution in [0.2, 0.25) is 0 Å². The first-order valence-electron chi connectivity index (χ1n) is 9.19. The fourth-order valence-electron chi connectivity index (χ4n) is 3.52. The van der Waals surface area contributed by atoms with Gasteiger partial charge in [-0.15, -0.1) is 0 Å². The van der Waals surface area contributed by atoms with Crippen molar-refractivity contribution in [1.82, 2.24) is 15.3 Å². The highest BCUT2D eigenvalue weighted by atomic mass is 32.2. The highest BCUT2D eigenvalue weighted by Crippen LogP contribution is 2.25. The van der Waals surface area contributed by atoms with Gasteiger partial charge in [-0.25, -0.2) is 18.4 Å². The number of carbonyl (C=O) groups excluding carboxylic acids is 1. The van der Waals surface area contributed by atoms with E-state index in [0.717, 1.165) is 17.8 Å². The van der Waals surface area contributed by atoms with E-state index in [1.54, 1.807) is 0 Å². The Morgan fingerprint density at radius 2 is 1.78 bits per heavy atom. The largest absolute Gasteiger partial charge is 0.354 e. The molecule has 1 N–H and O–H groups in total.